The third-order valence-electron chi connectivity index (χ3n) is 1.67. The summed E-state index contributed by atoms with van der Waals surface area (Å²) in [6.07, 6.45) is -7.06. The van der Waals surface area contributed by atoms with Gasteiger partial charge in [-0.25, -0.2) is 8.78 Å². The molecule has 0 amide bonds. The van der Waals surface area contributed by atoms with Crippen LogP contribution >= 0.6 is 22.6 Å². The number of ether oxygens (including phenoxy) is 1. The molecular weight excluding hydrogens is 348 g/mol. The Morgan fingerprint density at radius 2 is 1.94 bits per heavy atom. The van der Waals surface area contributed by atoms with E-state index in [2.05, 4.69) is 9.72 Å². The minimum absolute atomic E-state index is 0.0109. The molecule has 1 aromatic rings. The number of alkyl halides is 5. The SMILES string of the molecule is Cc1c(I)cnc(C(F)F)c1OC(F)(F)F. The molecule has 0 aliphatic carbocycles. The maximum Gasteiger partial charge on any atom is 0.573 e. The fourth-order valence-corrected chi connectivity index (χ4v) is 1.37. The minimum atomic E-state index is -5.01. The van der Waals surface area contributed by atoms with Gasteiger partial charge >= 0.3 is 6.36 Å². The van der Waals surface area contributed by atoms with Gasteiger partial charge in [0.2, 0.25) is 0 Å². The van der Waals surface area contributed by atoms with Gasteiger partial charge in [-0.3, -0.25) is 4.98 Å². The van der Waals surface area contributed by atoms with Gasteiger partial charge in [-0.2, -0.15) is 0 Å². The molecule has 0 aliphatic heterocycles. The van der Waals surface area contributed by atoms with Crippen molar-refractivity contribution in [2.45, 2.75) is 19.7 Å². The standard InChI is InChI=1S/C8H5F5INO/c1-3-4(14)2-15-5(7(9)10)6(3)16-8(11,12)13/h2,7H,1H3. The second-order valence-corrected chi connectivity index (χ2v) is 3.96. The molecule has 1 rings (SSSR count). The summed E-state index contributed by atoms with van der Waals surface area (Å²) in [4.78, 5) is 3.24. The normalized spacial score (nSPS) is 12.0. The molecule has 0 spiro atoms. The Morgan fingerprint density at radius 1 is 1.38 bits per heavy atom. The topological polar surface area (TPSA) is 22.1 Å². The van der Waals surface area contributed by atoms with E-state index in [1.807, 2.05) is 0 Å². The second kappa shape index (κ2) is 4.68. The van der Waals surface area contributed by atoms with E-state index in [0.717, 1.165) is 6.20 Å². The molecule has 0 radical (unpaired) electrons. The molecule has 0 saturated carbocycles. The number of hydrogen-bond acceptors (Lipinski definition) is 2. The summed E-state index contributed by atoms with van der Waals surface area (Å²) in [7, 11) is 0. The van der Waals surface area contributed by atoms with E-state index in [0.29, 0.717) is 3.57 Å². The number of rotatable bonds is 2. The summed E-state index contributed by atoms with van der Waals surface area (Å²) in [5.74, 6) is -0.922. The molecular formula is C8H5F5INO. The number of pyridine rings is 1. The number of hydrogen-bond donors (Lipinski definition) is 0. The Kier molecular flexibility index (Phi) is 3.92. The zero-order valence-corrected chi connectivity index (χ0v) is 9.94. The number of aromatic nitrogens is 1. The van der Waals surface area contributed by atoms with Crippen molar-refractivity contribution in [2.24, 2.45) is 0 Å². The van der Waals surface area contributed by atoms with E-state index >= 15 is 0 Å². The van der Waals surface area contributed by atoms with Crippen LogP contribution < -0.4 is 4.74 Å². The summed E-state index contributed by atoms with van der Waals surface area (Å²) in [5.41, 5.74) is -1.02. The van der Waals surface area contributed by atoms with Gasteiger partial charge in [0.25, 0.3) is 6.43 Å². The summed E-state index contributed by atoms with van der Waals surface area (Å²) < 4.78 is 64.7. The minimum Gasteiger partial charge on any atom is -0.403 e. The smallest absolute Gasteiger partial charge is 0.403 e. The van der Waals surface area contributed by atoms with Crippen molar-refractivity contribution in [1.82, 2.24) is 4.98 Å². The predicted molar refractivity (Wildman–Crippen MR) is 53.3 cm³/mol. The Balaban J connectivity index is 3.26. The van der Waals surface area contributed by atoms with Gasteiger partial charge in [-0.05, 0) is 29.5 Å². The molecule has 0 saturated heterocycles. The van der Waals surface area contributed by atoms with Gasteiger partial charge in [0.15, 0.2) is 5.75 Å². The van der Waals surface area contributed by atoms with Gasteiger partial charge in [-0.15, -0.1) is 13.2 Å². The van der Waals surface area contributed by atoms with Crippen LogP contribution in [0.4, 0.5) is 22.0 Å². The lowest BCUT2D eigenvalue weighted by Gasteiger charge is -2.15. The lowest BCUT2D eigenvalue weighted by molar-refractivity contribution is -0.275. The predicted octanol–water partition coefficient (Wildman–Crippen LogP) is 3.83. The summed E-state index contributed by atoms with van der Waals surface area (Å²) in [5, 5.41) is 0. The first-order valence-corrected chi connectivity index (χ1v) is 4.99. The van der Waals surface area contributed by atoms with Crippen molar-refractivity contribution in [1.29, 1.82) is 0 Å². The first-order valence-electron chi connectivity index (χ1n) is 3.91. The van der Waals surface area contributed by atoms with Crippen molar-refractivity contribution >= 4 is 22.6 Å². The van der Waals surface area contributed by atoms with Gasteiger partial charge in [-0.1, -0.05) is 0 Å². The van der Waals surface area contributed by atoms with Crippen molar-refractivity contribution in [3.63, 3.8) is 0 Å². The Morgan fingerprint density at radius 3 is 2.38 bits per heavy atom. The molecule has 0 N–H and O–H groups in total. The molecule has 0 bridgehead atoms. The van der Waals surface area contributed by atoms with Gasteiger partial charge in [0.1, 0.15) is 5.69 Å². The van der Waals surface area contributed by atoms with Crippen LogP contribution in [-0.4, -0.2) is 11.3 Å². The van der Waals surface area contributed by atoms with E-state index in [-0.39, 0.29) is 5.56 Å². The maximum absolute atomic E-state index is 12.4. The van der Waals surface area contributed by atoms with Crippen molar-refractivity contribution in [3.05, 3.63) is 21.0 Å². The van der Waals surface area contributed by atoms with Crippen molar-refractivity contribution in [3.8, 4) is 5.75 Å². The third kappa shape index (κ3) is 3.16. The van der Waals surface area contributed by atoms with E-state index in [4.69, 9.17) is 0 Å². The zero-order valence-electron chi connectivity index (χ0n) is 7.78. The summed E-state index contributed by atoms with van der Waals surface area (Å²) in [6, 6.07) is 0. The molecule has 1 heterocycles. The molecule has 90 valence electrons. The molecule has 0 atom stereocenters. The number of nitrogens with zero attached hydrogens (tertiary/aromatic N) is 1. The highest BCUT2D eigenvalue weighted by atomic mass is 127. The van der Waals surface area contributed by atoms with Crippen LogP contribution in [0.5, 0.6) is 5.75 Å². The Bertz CT molecular complexity index is 393. The monoisotopic (exact) mass is 353 g/mol. The average Bonchev–Trinajstić information content (AvgIpc) is 2.10. The quantitative estimate of drug-likeness (QED) is 0.596. The molecule has 1 aromatic heterocycles. The van der Waals surface area contributed by atoms with Gasteiger partial charge < -0.3 is 4.74 Å². The second-order valence-electron chi connectivity index (χ2n) is 2.79. The van der Waals surface area contributed by atoms with E-state index in [1.165, 1.54) is 6.92 Å². The van der Waals surface area contributed by atoms with E-state index in [9.17, 15) is 22.0 Å². The molecule has 0 aliphatic rings. The molecule has 16 heavy (non-hydrogen) atoms. The van der Waals surface area contributed by atoms with Crippen LogP contribution in [0.2, 0.25) is 0 Å². The van der Waals surface area contributed by atoms with Crippen molar-refractivity contribution in [2.75, 3.05) is 0 Å². The highest BCUT2D eigenvalue weighted by Gasteiger charge is 2.35. The zero-order chi connectivity index (χ0) is 12.5. The number of halogens is 6. The molecule has 0 aromatic carbocycles. The van der Waals surface area contributed by atoms with Crippen LogP contribution in [0.1, 0.15) is 17.7 Å². The third-order valence-corrected chi connectivity index (χ3v) is 2.76. The van der Waals surface area contributed by atoms with E-state index in [1.54, 1.807) is 22.6 Å². The average molecular weight is 353 g/mol. The Hall–Kier alpha value is -0.670. The summed E-state index contributed by atoms with van der Waals surface area (Å²) in [6.45, 7) is 1.26. The van der Waals surface area contributed by atoms with Crippen molar-refractivity contribution < 1.29 is 26.7 Å². The van der Waals surface area contributed by atoms with E-state index < -0.39 is 24.2 Å². The molecule has 0 unspecified atom stereocenters. The van der Waals surface area contributed by atoms with Crippen LogP contribution in [-0.2, 0) is 0 Å². The lowest BCUT2D eigenvalue weighted by atomic mass is 10.2. The van der Waals surface area contributed by atoms with Crippen LogP contribution in [0.3, 0.4) is 0 Å². The lowest BCUT2D eigenvalue weighted by Crippen LogP contribution is -2.19. The highest BCUT2D eigenvalue weighted by Crippen LogP contribution is 2.35. The first-order chi connectivity index (χ1) is 7.22. The fourth-order valence-electron chi connectivity index (χ4n) is 0.982. The molecule has 0 fully saturated rings. The highest BCUT2D eigenvalue weighted by molar-refractivity contribution is 14.1. The van der Waals surface area contributed by atoms with Gasteiger partial charge in [0.05, 0.1) is 0 Å². The maximum atomic E-state index is 12.4. The Labute approximate surface area is 101 Å². The van der Waals surface area contributed by atoms with Crippen LogP contribution in [0, 0.1) is 10.5 Å². The first kappa shape index (κ1) is 13.4. The van der Waals surface area contributed by atoms with Crippen LogP contribution in [0.25, 0.3) is 0 Å². The summed E-state index contributed by atoms with van der Waals surface area (Å²) >= 11 is 1.69. The van der Waals surface area contributed by atoms with Gasteiger partial charge in [0, 0.05) is 15.3 Å². The largest absolute Gasteiger partial charge is 0.573 e. The molecule has 8 heteroatoms. The fraction of sp³-hybridized carbons (Fsp3) is 0.375. The molecule has 2 nitrogen and oxygen atoms in total. The van der Waals surface area contributed by atoms with Crippen LogP contribution in [0.15, 0.2) is 6.20 Å².